The van der Waals surface area contributed by atoms with Crippen molar-refractivity contribution in [3.63, 3.8) is 0 Å². The molecule has 0 heterocycles. The lowest BCUT2D eigenvalue weighted by atomic mass is 10.1. The number of anilines is 1. The molecule has 2 aromatic rings. The van der Waals surface area contributed by atoms with Gasteiger partial charge in [0.1, 0.15) is 0 Å². The van der Waals surface area contributed by atoms with Gasteiger partial charge < -0.3 is 10.4 Å². The van der Waals surface area contributed by atoms with E-state index in [9.17, 15) is 4.79 Å². The topological polar surface area (TPSA) is 49.3 Å². The summed E-state index contributed by atoms with van der Waals surface area (Å²) in [7, 11) is 0. The van der Waals surface area contributed by atoms with Gasteiger partial charge in [-0.1, -0.05) is 42.5 Å². The summed E-state index contributed by atoms with van der Waals surface area (Å²) in [6.07, 6.45) is 3.91. The highest BCUT2D eigenvalue weighted by Gasteiger charge is 1.98. The van der Waals surface area contributed by atoms with Crippen LogP contribution >= 0.6 is 0 Å². The normalized spacial score (nSPS) is 10.7. The van der Waals surface area contributed by atoms with Crippen molar-refractivity contribution in [3.05, 3.63) is 71.8 Å². The zero-order valence-corrected chi connectivity index (χ0v) is 11.1. The minimum absolute atomic E-state index is 0.130. The highest BCUT2D eigenvalue weighted by Crippen LogP contribution is 2.10. The smallest absolute Gasteiger partial charge is 0.248 e. The van der Waals surface area contributed by atoms with Gasteiger partial charge in [0, 0.05) is 18.4 Å². The first-order valence-electron chi connectivity index (χ1n) is 6.52. The standard InChI is InChI=1S/C17H17NO2/c19-13-12-15-6-9-16(10-7-15)18-17(20)11-8-14-4-2-1-3-5-14/h1-11,19H,12-13H2,(H,18,20). The molecule has 3 heteroatoms. The van der Waals surface area contributed by atoms with Crippen LogP contribution in [0.1, 0.15) is 11.1 Å². The first-order valence-corrected chi connectivity index (χ1v) is 6.52. The van der Waals surface area contributed by atoms with Gasteiger partial charge in [-0.05, 0) is 35.8 Å². The number of aliphatic hydroxyl groups is 1. The van der Waals surface area contributed by atoms with Gasteiger partial charge in [0.25, 0.3) is 0 Å². The number of hydrogen-bond acceptors (Lipinski definition) is 2. The van der Waals surface area contributed by atoms with E-state index in [1.54, 1.807) is 6.08 Å². The lowest BCUT2D eigenvalue weighted by molar-refractivity contribution is -0.111. The minimum Gasteiger partial charge on any atom is -0.396 e. The fourth-order valence-electron chi connectivity index (χ4n) is 1.80. The number of carbonyl (C=O) groups is 1. The van der Waals surface area contributed by atoms with Crippen LogP contribution in [0.3, 0.4) is 0 Å². The minimum atomic E-state index is -0.163. The fraction of sp³-hybridized carbons (Fsp3) is 0.118. The Bertz CT molecular complexity index is 574. The van der Waals surface area contributed by atoms with Gasteiger partial charge in [-0.15, -0.1) is 0 Å². The van der Waals surface area contributed by atoms with E-state index in [1.165, 1.54) is 6.08 Å². The molecule has 0 saturated carbocycles. The second-order valence-electron chi connectivity index (χ2n) is 4.40. The molecule has 2 rings (SSSR count). The first-order chi connectivity index (χ1) is 9.78. The Morgan fingerprint density at radius 1 is 1.05 bits per heavy atom. The SMILES string of the molecule is O=C(C=Cc1ccccc1)Nc1ccc(CCO)cc1. The summed E-state index contributed by atoms with van der Waals surface area (Å²) in [5, 5.41) is 11.6. The van der Waals surface area contributed by atoms with Gasteiger partial charge in [-0.25, -0.2) is 0 Å². The molecule has 0 aliphatic rings. The molecular weight excluding hydrogens is 250 g/mol. The van der Waals surface area contributed by atoms with Crippen molar-refractivity contribution < 1.29 is 9.90 Å². The summed E-state index contributed by atoms with van der Waals surface area (Å²) < 4.78 is 0. The van der Waals surface area contributed by atoms with Crippen molar-refractivity contribution >= 4 is 17.7 Å². The summed E-state index contributed by atoms with van der Waals surface area (Å²) in [6, 6.07) is 17.1. The first kappa shape index (κ1) is 14.0. The van der Waals surface area contributed by atoms with Crippen LogP contribution in [0, 0.1) is 0 Å². The third kappa shape index (κ3) is 4.37. The molecule has 0 unspecified atom stereocenters. The summed E-state index contributed by atoms with van der Waals surface area (Å²) in [5.74, 6) is -0.163. The number of benzene rings is 2. The van der Waals surface area contributed by atoms with E-state index in [4.69, 9.17) is 5.11 Å². The summed E-state index contributed by atoms with van der Waals surface area (Å²) in [4.78, 5) is 11.8. The Kier molecular flexibility index (Phi) is 5.09. The average molecular weight is 267 g/mol. The fourth-order valence-corrected chi connectivity index (χ4v) is 1.80. The summed E-state index contributed by atoms with van der Waals surface area (Å²) >= 11 is 0. The van der Waals surface area contributed by atoms with Gasteiger partial charge >= 0.3 is 0 Å². The molecule has 0 atom stereocenters. The Hall–Kier alpha value is -2.39. The third-order valence-electron chi connectivity index (χ3n) is 2.85. The molecule has 0 spiro atoms. The van der Waals surface area contributed by atoms with E-state index in [2.05, 4.69) is 5.32 Å². The monoisotopic (exact) mass is 267 g/mol. The maximum Gasteiger partial charge on any atom is 0.248 e. The van der Waals surface area contributed by atoms with Crippen LogP contribution in [0.15, 0.2) is 60.7 Å². The Morgan fingerprint density at radius 2 is 1.75 bits per heavy atom. The molecule has 102 valence electrons. The van der Waals surface area contributed by atoms with Crippen molar-refractivity contribution in [2.75, 3.05) is 11.9 Å². The molecule has 0 saturated heterocycles. The second kappa shape index (κ2) is 7.26. The Labute approximate surface area is 118 Å². The molecule has 0 fully saturated rings. The highest BCUT2D eigenvalue weighted by atomic mass is 16.2. The molecule has 20 heavy (non-hydrogen) atoms. The third-order valence-corrected chi connectivity index (χ3v) is 2.85. The van der Waals surface area contributed by atoms with Crippen LogP contribution in [0.25, 0.3) is 6.08 Å². The van der Waals surface area contributed by atoms with Crippen LogP contribution in [0.5, 0.6) is 0 Å². The van der Waals surface area contributed by atoms with E-state index < -0.39 is 0 Å². The van der Waals surface area contributed by atoms with Crippen LogP contribution < -0.4 is 5.32 Å². The van der Waals surface area contributed by atoms with E-state index in [-0.39, 0.29) is 12.5 Å². The van der Waals surface area contributed by atoms with Crippen LogP contribution in [0.2, 0.25) is 0 Å². The van der Waals surface area contributed by atoms with E-state index in [1.807, 2.05) is 54.6 Å². The van der Waals surface area contributed by atoms with Crippen molar-refractivity contribution in [2.45, 2.75) is 6.42 Å². The molecule has 2 N–H and O–H groups in total. The van der Waals surface area contributed by atoms with E-state index >= 15 is 0 Å². The van der Waals surface area contributed by atoms with E-state index in [0.29, 0.717) is 6.42 Å². The Morgan fingerprint density at radius 3 is 2.40 bits per heavy atom. The lowest BCUT2D eigenvalue weighted by Crippen LogP contribution is -2.07. The largest absolute Gasteiger partial charge is 0.396 e. The van der Waals surface area contributed by atoms with Gasteiger partial charge in [0.05, 0.1) is 0 Å². The molecule has 2 aromatic carbocycles. The van der Waals surface area contributed by atoms with Crippen molar-refractivity contribution in [1.29, 1.82) is 0 Å². The molecule has 3 nitrogen and oxygen atoms in total. The van der Waals surface area contributed by atoms with Gasteiger partial charge in [-0.2, -0.15) is 0 Å². The number of carbonyl (C=O) groups excluding carboxylic acids is 1. The average Bonchev–Trinajstić information content (AvgIpc) is 2.49. The molecular formula is C17H17NO2. The maximum atomic E-state index is 11.8. The quantitative estimate of drug-likeness (QED) is 0.818. The van der Waals surface area contributed by atoms with Gasteiger partial charge in [0.2, 0.25) is 5.91 Å². The number of nitrogens with one attached hydrogen (secondary N) is 1. The Balaban J connectivity index is 1.92. The number of hydrogen-bond donors (Lipinski definition) is 2. The predicted molar refractivity (Wildman–Crippen MR) is 81.3 cm³/mol. The van der Waals surface area contributed by atoms with Gasteiger partial charge in [-0.3, -0.25) is 4.79 Å². The van der Waals surface area contributed by atoms with Crippen molar-refractivity contribution in [2.24, 2.45) is 0 Å². The zero-order chi connectivity index (χ0) is 14.2. The van der Waals surface area contributed by atoms with E-state index in [0.717, 1.165) is 16.8 Å². The zero-order valence-electron chi connectivity index (χ0n) is 11.1. The van der Waals surface area contributed by atoms with Crippen LogP contribution in [-0.2, 0) is 11.2 Å². The molecule has 0 bridgehead atoms. The number of aliphatic hydroxyl groups excluding tert-OH is 1. The van der Waals surface area contributed by atoms with Crippen LogP contribution in [-0.4, -0.2) is 17.6 Å². The van der Waals surface area contributed by atoms with Gasteiger partial charge in [0.15, 0.2) is 0 Å². The highest BCUT2D eigenvalue weighted by molar-refractivity contribution is 6.01. The molecule has 0 radical (unpaired) electrons. The summed E-state index contributed by atoms with van der Waals surface area (Å²) in [6.45, 7) is 0.130. The number of rotatable bonds is 5. The molecule has 0 aliphatic carbocycles. The van der Waals surface area contributed by atoms with Crippen molar-refractivity contribution in [3.8, 4) is 0 Å². The number of amides is 1. The molecule has 0 aromatic heterocycles. The summed E-state index contributed by atoms with van der Waals surface area (Å²) in [5.41, 5.74) is 2.78. The lowest BCUT2D eigenvalue weighted by Gasteiger charge is -2.03. The van der Waals surface area contributed by atoms with Crippen molar-refractivity contribution in [1.82, 2.24) is 0 Å². The molecule has 1 amide bonds. The second-order valence-corrected chi connectivity index (χ2v) is 4.40. The maximum absolute atomic E-state index is 11.8. The molecule has 0 aliphatic heterocycles. The predicted octanol–water partition coefficient (Wildman–Crippen LogP) is 2.87. The van der Waals surface area contributed by atoms with Crippen LogP contribution in [0.4, 0.5) is 5.69 Å².